The fraction of sp³-hybridized carbons (Fsp3) is 1.00. The van der Waals surface area contributed by atoms with Crippen molar-refractivity contribution in [2.24, 2.45) is 5.90 Å². The van der Waals surface area contributed by atoms with Crippen molar-refractivity contribution in [1.29, 1.82) is 0 Å². The molecular formula is C6H12F2N2O. The number of likely N-dealkylation sites (N-methyl/N-ethyl adjacent to an activating group) is 1. The zero-order valence-electron chi connectivity index (χ0n) is 6.39. The van der Waals surface area contributed by atoms with Gasteiger partial charge in [-0.15, -0.1) is 0 Å². The van der Waals surface area contributed by atoms with Crippen LogP contribution in [0.3, 0.4) is 0 Å². The number of nitrogens with two attached hydrogens (primary N) is 1. The molecule has 1 fully saturated rings. The van der Waals surface area contributed by atoms with Gasteiger partial charge in [0.15, 0.2) is 6.10 Å². The molecule has 1 aliphatic heterocycles. The van der Waals surface area contributed by atoms with Crippen LogP contribution in [0.2, 0.25) is 0 Å². The van der Waals surface area contributed by atoms with E-state index >= 15 is 0 Å². The molecule has 0 aliphatic carbocycles. The van der Waals surface area contributed by atoms with Crippen LogP contribution in [-0.2, 0) is 4.84 Å². The van der Waals surface area contributed by atoms with Gasteiger partial charge in [-0.3, -0.25) is 4.84 Å². The first-order valence-corrected chi connectivity index (χ1v) is 3.48. The highest BCUT2D eigenvalue weighted by Gasteiger charge is 2.44. The second-order valence-electron chi connectivity index (χ2n) is 2.90. The number of halogens is 2. The van der Waals surface area contributed by atoms with E-state index in [-0.39, 0.29) is 13.0 Å². The monoisotopic (exact) mass is 166 g/mol. The van der Waals surface area contributed by atoms with E-state index in [2.05, 4.69) is 4.84 Å². The zero-order valence-corrected chi connectivity index (χ0v) is 6.39. The third-order valence-electron chi connectivity index (χ3n) is 1.94. The number of alkyl halides is 2. The van der Waals surface area contributed by atoms with Gasteiger partial charge in [-0.1, -0.05) is 0 Å². The van der Waals surface area contributed by atoms with Crippen LogP contribution in [0.5, 0.6) is 0 Å². The second-order valence-corrected chi connectivity index (χ2v) is 2.90. The minimum Gasteiger partial charge on any atom is -0.303 e. The van der Waals surface area contributed by atoms with Gasteiger partial charge in [-0.2, -0.15) is 0 Å². The molecule has 3 nitrogen and oxygen atoms in total. The van der Waals surface area contributed by atoms with E-state index in [1.807, 2.05) is 0 Å². The summed E-state index contributed by atoms with van der Waals surface area (Å²) in [6, 6.07) is 0. The molecule has 1 unspecified atom stereocenters. The summed E-state index contributed by atoms with van der Waals surface area (Å²) in [6.45, 7) is 0.594. The molecule has 0 amide bonds. The molecule has 0 aromatic rings. The Morgan fingerprint density at radius 2 is 2.27 bits per heavy atom. The van der Waals surface area contributed by atoms with E-state index in [1.54, 1.807) is 11.9 Å². The Balaban J connectivity index is 2.56. The van der Waals surface area contributed by atoms with E-state index < -0.39 is 12.0 Å². The fourth-order valence-corrected chi connectivity index (χ4v) is 1.15. The van der Waals surface area contributed by atoms with Crippen molar-refractivity contribution < 1.29 is 13.6 Å². The minimum atomic E-state index is -2.76. The quantitative estimate of drug-likeness (QED) is 0.566. The summed E-state index contributed by atoms with van der Waals surface area (Å²) in [7, 11) is 1.77. The molecule has 1 rings (SSSR count). The first-order chi connectivity index (χ1) is 5.06. The fourth-order valence-electron chi connectivity index (χ4n) is 1.15. The summed E-state index contributed by atoms with van der Waals surface area (Å²) >= 11 is 0. The first kappa shape index (κ1) is 8.83. The molecule has 66 valence electrons. The predicted octanol–water partition coefficient (Wildman–Crippen LogP) is 0.216. The molecule has 0 aromatic carbocycles. The van der Waals surface area contributed by atoms with Crippen LogP contribution >= 0.6 is 0 Å². The molecule has 11 heavy (non-hydrogen) atoms. The highest BCUT2D eigenvalue weighted by atomic mass is 19.3. The first-order valence-electron chi connectivity index (χ1n) is 3.48. The predicted molar refractivity (Wildman–Crippen MR) is 36.1 cm³/mol. The summed E-state index contributed by atoms with van der Waals surface area (Å²) in [5.41, 5.74) is 0. The zero-order chi connectivity index (χ0) is 8.48. The van der Waals surface area contributed by atoms with Crippen molar-refractivity contribution in [3.63, 3.8) is 0 Å². The third kappa shape index (κ3) is 1.85. The Kier molecular flexibility index (Phi) is 2.41. The van der Waals surface area contributed by atoms with Crippen LogP contribution < -0.4 is 5.90 Å². The van der Waals surface area contributed by atoms with Crippen molar-refractivity contribution >= 4 is 0 Å². The molecule has 0 aromatic heterocycles. The number of rotatable bonds is 1. The molecule has 0 spiro atoms. The Hall–Kier alpha value is -0.260. The van der Waals surface area contributed by atoms with Crippen LogP contribution in [0.4, 0.5) is 8.78 Å². The summed E-state index contributed by atoms with van der Waals surface area (Å²) in [5.74, 6) is 1.97. The third-order valence-corrected chi connectivity index (χ3v) is 1.94. The SMILES string of the molecule is CN1CCC(F)(F)C(ON)C1. The number of likely N-dealkylation sites (tertiary alicyclic amines) is 1. The van der Waals surface area contributed by atoms with Crippen molar-refractivity contribution in [2.75, 3.05) is 20.1 Å². The summed E-state index contributed by atoms with van der Waals surface area (Å²) in [5, 5.41) is 0. The standard InChI is InChI=1S/C6H12F2N2O/c1-10-3-2-6(7,8)5(4-10)11-9/h5H,2-4,9H2,1H3. The molecular weight excluding hydrogens is 154 g/mol. The van der Waals surface area contributed by atoms with Gasteiger partial charge < -0.3 is 4.90 Å². The Labute approximate surface area is 64.1 Å². The average Bonchev–Trinajstić information content (AvgIpc) is 1.94. The molecule has 0 saturated carbocycles. The second kappa shape index (κ2) is 3.00. The van der Waals surface area contributed by atoms with E-state index in [1.165, 1.54) is 0 Å². The number of hydrogen-bond acceptors (Lipinski definition) is 3. The number of nitrogens with zero attached hydrogens (tertiary/aromatic N) is 1. The van der Waals surface area contributed by atoms with Crippen LogP contribution in [0.15, 0.2) is 0 Å². The Morgan fingerprint density at radius 1 is 1.64 bits per heavy atom. The highest BCUT2D eigenvalue weighted by molar-refractivity contribution is 4.85. The molecule has 5 heteroatoms. The molecule has 1 aliphatic rings. The van der Waals surface area contributed by atoms with Gasteiger partial charge in [-0.05, 0) is 7.05 Å². The minimum absolute atomic E-state index is 0.175. The number of hydrogen-bond donors (Lipinski definition) is 1. The van der Waals surface area contributed by atoms with Gasteiger partial charge >= 0.3 is 0 Å². The summed E-state index contributed by atoms with van der Waals surface area (Å²) < 4.78 is 25.6. The summed E-state index contributed by atoms with van der Waals surface area (Å²) in [6.07, 6.45) is -1.33. The van der Waals surface area contributed by atoms with Crippen LogP contribution in [-0.4, -0.2) is 37.1 Å². The Bertz CT molecular complexity index is 143. The van der Waals surface area contributed by atoms with Crippen molar-refractivity contribution in [1.82, 2.24) is 4.90 Å². The lowest BCUT2D eigenvalue weighted by molar-refractivity contribution is -0.170. The molecule has 0 radical (unpaired) electrons. The highest BCUT2D eigenvalue weighted by Crippen LogP contribution is 2.28. The van der Waals surface area contributed by atoms with Gasteiger partial charge in [0.2, 0.25) is 0 Å². The van der Waals surface area contributed by atoms with Gasteiger partial charge in [0.05, 0.1) is 0 Å². The molecule has 2 N–H and O–H groups in total. The normalized spacial score (nSPS) is 32.2. The summed E-state index contributed by atoms with van der Waals surface area (Å²) in [4.78, 5) is 5.96. The van der Waals surface area contributed by atoms with Crippen LogP contribution in [0.25, 0.3) is 0 Å². The number of piperidine rings is 1. The molecule has 1 heterocycles. The maximum absolute atomic E-state index is 12.8. The van der Waals surface area contributed by atoms with Gasteiger partial charge in [0.25, 0.3) is 5.92 Å². The lowest BCUT2D eigenvalue weighted by atomic mass is 10.0. The van der Waals surface area contributed by atoms with Crippen LogP contribution in [0, 0.1) is 0 Å². The maximum Gasteiger partial charge on any atom is 0.278 e. The van der Waals surface area contributed by atoms with E-state index in [0.717, 1.165) is 0 Å². The Morgan fingerprint density at radius 3 is 2.73 bits per heavy atom. The molecule has 0 bridgehead atoms. The molecule has 1 atom stereocenters. The van der Waals surface area contributed by atoms with Gasteiger partial charge in [0.1, 0.15) is 0 Å². The van der Waals surface area contributed by atoms with E-state index in [0.29, 0.717) is 6.54 Å². The van der Waals surface area contributed by atoms with Crippen molar-refractivity contribution in [3.05, 3.63) is 0 Å². The topological polar surface area (TPSA) is 38.5 Å². The largest absolute Gasteiger partial charge is 0.303 e. The van der Waals surface area contributed by atoms with E-state index in [9.17, 15) is 8.78 Å². The maximum atomic E-state index is 12.8. The van der Waals surface area contributed by atoms with Crippen molar-refractivity contribution in [3.8, 4) is 0 Å². The van der Waals surface area contributed by atoms with Gasteiger partial charge in [-0.25, -0.2) is 14.7 Å². The van der Waals surface area contributed by atoms with Crippen LogP contribution in [0.1, 0.15) is 6.42 Å². The van der Waals surface area contributed by atoms with E-state index in [4.69, 9.17) is 5.90 Å². The lowest BCUT2D eigenvalue weighted by Gasteiger charge is -2.34. The van der Waals surface area contributed by atoms with Crippen molar-refractivity contribution in [2.45, 2.75) is 18.4 Å². The average molecular weight is 166 g/mol. The smallest absolute Gasteiger partial charge is 0.278 e. The van der Waals surface area contributed by atoms with Gasteiger partial charge in [0, 0.05) is 19.5 Å². The lowest BCUT2D eigenvalue weighted by Crippen LogP contribution is -2.51. The molecule has 1 saturated heterocycles.